The van der Waals surface area contributed by atoms with Gasteiger partial charge in [-0.1, -0.05) is 22.0 Å². The third-order valence-corrected chi connectivity index (χ3v) is 3.29. The van der Waals surface area contributed by atoms with Gasteiger partial charge in [0.1, 0.15) is 11.6 Å². The fourth-order valence-electron chi connectivity index (χ4n) is 1.67. The molecule has 1 rings (SSSR count). The van der Waals surface area contributed by atoms with Gasteiger partial charge in [0.05, 0.1) is 0 Å². The molecule has 17 heavy (non-hydrogen) atoms. The Bertz CT molecular complexity index is 335. The third kappa shape index (κ3) is 4.36. The maximum absolute atomic E-state index is 13.5. The summed E-state index contributed by atoms with van der Waals surface area (Å²) >= 11 is 3.37. The van der Waals surface area contributed by atoms with Crippen LogP contribution < -0.4 is 0 Å². The zero-order chi connectivity index (χ0) is 12.8. The van der Waals surface area contributed by atoms with Crippen molar-refractivity contribution in [2.24, 2.45) is 0 Å². The highest BCUT2D eigenvalue weighted by Gasteiger charge is 2.15. The lowest BCUT2D eigenvalue weighted by Crippen LogP contribution is -2.32. The number of rotatable bonds is 6. The first-order valence-electron chi connectivity index (χ1n) is 5.79. The number of hydrogen-bond donors (Lipinski definition) is 0. The molecule has 0 saturated carbocycles. The molecule has 0 atom stereocenters. The highest BCUT2D eigenvalue weighted by Crippen LogP contribution is 2.16. The monoisotopic (exact) mass is 305 g/mol. The van der Waals surface area contributed by atoms with Crippen LogP contribution in [-0.4, -0.2) is 22.8 Å². The molecule has 0 saturated heterocycles. The van der Waals surface area contributed by atoms with Crippen LogP contribution in [0.2, 0.25) is 0 Å². The van der Waals surface area contributed by atoms with Gasteiger partial charge >= 0.3 is 0 Å². The van der Waals surface area contributed by atoms with E-state index in [0.717, 1.165) is 18.3 Å². The van der Waals surface area contributed by atoms with Crippen LogP contribution >= 0.6 is 15.9 Å². The van der Waals surface area contributed by atoms with Gasteiger partial charge in [0.25, 0.3) is 0 Å². The summed E-state index contributed by atoms with van der Waals surface area (Å²) in [4.78, 5) is 2.07. The smallest absolute Gasteiger partial charge is 0.130 e. The van der Waals surface area contributed by atoms with Crippen molar-refractivity contribution in [3.05, 3.63) is 35.4 Å². The average Bonchev–Trinajstić information content (AvgIpc) is 2.27. The molecule has 0 bridgehead atoms. The maximum atomic E-state index is 13.5. The van der Waals surface area contributed by atoms with Crippen LogP contribution in [0.15, 0.2) is 18.2 Å². The van der Waals surface area contributed by atoms with Crippen molar-refractivity contribution in [3.63, 3.8) is 0 Å². The van der Waals surface area contributed by atoms with Gasteiger partial charge in [-0.3, -0.25) is 4.90 Å². The number of benzene rings is 1. The van der Waals surface area contributed by atoms with Crippen LogP contribution in [0.25, 0.3) is 0 Å². The van der Waals surface area contributed by atoms with E-state index in [9.17, 15) is 8.78 Å². The molecule has 0 aromatic heterocycles. The first kappa shape index (κ1) is 14.6. The lowest BCUT2D eigenvalue weighted by atomic mass is 10.1. The van der Waals surface area contributed by atoms with E-state index in [1.807, 2.05) is 13.8 Å². The minimum atomic E-state index is -0.463. The molecule has 1 nitrogen and oxygen atoms in total. The normalized spacial score (nSPS) is 11.5. The molecule has 0 aliphatic carbocycles. The Hall–Kier alpha value is -0.480. The molecule has 0 spiro atoms. The van der Waals surface area contributed by atoms with Gasteiger partial charge in [-0.2, -0.15) is 0 Å². The van der Waals surface area contributed by atoms with E-state index in [2.05, 4.69) is 20.8 Å². The van der Waals surface area contributed by atoms with E-state index in [-0.39, 0.29) is 11.6 Å². The number of nitrogens with zero attached hydrogens (tertiary/aromatic N) is 1. The van der Waals surface area contributed by atoms with Crippen molar-refractivity contribution in [1.29, 1.82) is 0 Å². The second-order valence-corrected chi connectivity index (χ2v) is 5.10. The van der Waals surface area contributed by atoms with Gasteiger partial charge in [0, 0.05) is 23.5 Å². The lowest BCUT2D eigenvalue weighted by molar-refractivity contribution is 0.208. The molecule has 1 aromatic rings. The van der Waals surface area contributed by atoms with Crippen molar-refractivity contribution in [1.82, 2.24) is 4.90 Å². The summed E-state index contributed by atoms with van der Waals surface area (Å²) in [5.74, 6) is -0.927. The largest absolute Gasteiger partial charge is 0.296 e. The van der Waals surface area contributed by atoms with Crippen molar-refractivity contribution in [2.75, 3.05) is 11.9 Å². The summed E-state index contributed by atoms with van der Waals surface area (Å²) in [6.07, 6.45) is 0.967. The van der Waals surface area contributed by atoms with Gasteiger partial charge in [-0.25, -0.2) is 8.78 Å². The number of hydrogen-bond acceptors (Lipinski definition) is 1. The first-order valence-corrected chi connectivity index (χ1v) is 6.91. The van der Waals surface area contributed by atoms with Crippen molar-refractivity contribution < 1.29 is 8.78 Å². The number of halogens is 3. The highest BCUT2D eigenvalue weighted by atomic mass is 79.9. The summed E-state index contributed by atoms with van der Waals surface area (Å²) in [5.41, 5.74) is 0.163. The zero-order valence-electron chi connectivity index (χ0n) is 10.2. The van der Waals surface area contributed by atoms with Gasteiger partial charge in [-0.05, 0) is 38.9 Å². The molecule has 0 unspecified atom stereocenters. The minimum absolute atomic E-state index is 0.163. The molecule has 0 N–H and O–H groups in total. The summed E-state index contributed by atoms with van der Waals surface area (Å²) in [6.45, 7) is 5.22. The number of alkyl halides is 1. The molecular formula is C13H18BrF2N. The van der Waals surface area contributed by atoms with E-state index < -0.39 is 11.6 Å². The predicted molar refractivity (Wildman–Crippen MR) is 70.3 cm³/mol. The van der Waals surface area contributed by atoms with Crippen molar-refractivity contribution in [3.8, 4) is 0 Å². The first-order chi connectivity index (χ1) is 8.06. The van der Waals surface area contributed by atoms with Crippen LogP contribution in [0, 0.1) is 11.6 Å². The molecule has 0 heterocycles. The fraction of sp³-hybridized carbons (Fsp3) is 0.538. The van der Waals surface area contributed by atoms with Crippen LogP contribution in [0.3, 0.4) is 0 Å². The van der Waals surface area contributed by atoms with Gasteiger partial charge < -0.3 is 0 Å². The molecule has 0 aliphatic heterocycles. The van der Waals surface area contributed by atoms with Crippen LogP contribution in [0.4, 0.5) is 8.78 Å². The molecule has 0 radical (unpaired) electrons. The lowest BCUT2D eigenvalue weighted by Gasteiger charge is -2.26. The Morgan fingerprint density at radius 3 is 2.29 bits per heavy atom. The predicted octanol–water partition coefficient (Wildman–Crippen LogP) is 3.96. The summed E-state index contributed by atoms with van der Waals surface area (Å²) in [7, 11) is 0. The second-order valence-electron chi connectivity index (χ2n) is 4.31. The molecule has 1 aromatic carbocycles. The standard InChI is InChI=1S/C13H18BrF2N/c1-10(2)17(8-4-7-14)9-11-12(15)5-3-6-13(11)16/h3,5-6,10H,4,7-9H2,1-2H3. The Kier molecular flexibility index (Phi) is 6.06. The molecule has 0 fully saturated rings. The van der Waals surface area contributed by atoms with Crippen LogP contribution in [0.1, 0.15) is 25.8 Å². The Morgan fingerprint density at radius 2 is 1.82 bits per heavy atom. The summed E-state index contributed by atoms with van der Waals surface area (Å²) < 4.78 is 27.0. The summed E-state index contributed by atoms with van der Waals surface area (Å²) in [6, 6.07) is 4.28. The minimum Gasteiger partial charge on any atom is -0.296 e. The summed E-state index contributed by atoms with van der Waals surface area (Å²) in [5, 5.41) is 0.899. The van der Waals surface area contributed by atoms with E-state index >= 15 is 0 Å². The quantitative estimate of drug-likeness (QED) is 0.719. The van der Waals surface area contributed by atoms with Crippen LogP contribution in [0.5, 0.6) is 0 Å². The maximum Gasteiger partial charge on any atom is 0.130 e. The fourth-order valence-corrected chi connectivity index (χ4v) is 1.92. The SMILES string of the molecule is CC(C)N(CCCBr)Cc1c(F)cccc1F. The van der Waals surface area contributed by atoms with E-state index in [1.165, 1.54) is 18.2 Å². The van der Waals surface area contributed by atoms with E-state index in [4.69, 9.17) is 0 Å². The Balaban J connectivity index is 2.78. The Labute approximate surface area is 110 Å². The molecule has 96 valence electrons. The molecular weight excluding hydrogens is 288 g/mol. The Morgan fingerprint density at radius 1 is 1.24 bits per heavy atom. The highest BCUT2D eigenvalue weighted by molar-refractivity contribution is 9.09. The van der Waals surface area contributed by atoms with Gasteiger partial charge in [-0.15, -0.1) is 0 Å². The van der Waals surface area contributed by atoms with Crippen molar-refractivity contribution in [2.45, 2.75) is 32.9 Å². The topological polar surface area (TPSA) is 3.24 Å². The zero-order valence-corrected chi connectivity index (χ0v) is 11.8. The van der Waals surface area contributed by atoms with Crippen molar-refractivity contribution >= 4 is 15.9 Å². The second kappa shape index (κ2) is 7.07. The van der Waals surface area contributed by atoms with Gasteiger partial charge in [0.15, 0.2) is 0 Å². The average molecular weight is 306 g/mol. The van der Waals surface area contributed by atoms with E-state index in [1.54, 1.807) is 0 Å². The van der Waals surface area contributed by atoms with Crippen LogP contribution in [-0.2, 0) is 6.54 Å². The molecule has 0 amide bonds. The molecule has 0 aliphatic rings. The molecule has 4 heteroatoms. The van der Waals surface area contributed by atoms with E-state index in [0.29, 0.717) is 6.54 Å². The third-order valence-electron chi connectivity index (χ3n) is 2.73. The van der Waals surface area contributed by atoms with Gasteiger partial charge in [0.2, 0.25) is 0 Å².